The number of rotatable bonds is 3. The number of carbonyl (C=O) groups excluding carboxylic acids is 1. The van der Waals surface area contributed by atoms with Gasteiger partial charge in [-0.3, -0.25) is 4.79 Å². The summed E-state index contributed by atoms with van der Waals surface area (Å²) in [5.74, 6) is 0.0523. The molecule has 1 saturated heterocycles. The fourth-order valence-corrected chi connectivity index (χ4v) is 2.24. The number of halogens is 1. The lowest BCUT2D eigenvalue weighted by atomic mass is 10.1. The number of amides is 1. The zero-order chi connectivity index (χ0) is 12.3. The second-order valence-electron chi connectivity index (χ2n) is 4.18. The Balaban J connectivity index is 2.12. The second-order valence-corrected chi connectivity index (χ2v) is 4.62. The average molecular weight is 254 g/mol. The molecule has 1 aromatic carbocycles. The minimum absolute atomic E-state index is 0.0523. The van der Waals surface area contributed by atoms with Gasteiger partial charge in [0.15, 0.2) is 0 Å². The summed E-state index contributed by atoms with van der Waals surface area (Å²) in [6.45, 7) is 1.95. The van der Waals surface area contributed by atoms with Crippen LogP contribution in [0.4, 0.5) is 5.69 Å². The molecule has 1 heterocycles. The van der Waals surface area contributed by atoms with Crippen molar-refractivity contribution in [1.82, 2.24) is 10.6 Å². The molecule has 92 valence electrons. The molecular weight excluding hydrogens is 238 g/mol. The van der Waals surface area contributed by atoms with Crippen LogP contribution in [0, 0.1) is 0 Å². The Morgan fingerprint density at radius 2 is 2.41 bits per heavy atom. The summed E-state index contributed by atoms with van der Waals surface area (Å²) < 4.78 is 0. The molecule has 4 nitrogen and oxygen atoms in total. The second kappa shape index (κ2) is 5.38. The number of nitrogens with one attached hydrogen (secondary N) is 2. The molecule has 1 amide bonds. The van der Waals surface area contributed by atoms with Gasteiger partial charge in [0.2, 0.25) is 5.91 Å². The summed E-state index contributed by atoms with van der Waals surface area (Å²) in [6, 6.07) is 7.73. The normalized spacial score (nSPS) is 20.2. The first-order chi connectivity index (χ1) is 8.19. The highest BCUT2D eigenvalue weighted by atomic mass is 35.5. The van der Waals surface area contributed by atoms with E-state index in [4.69, 9.17) is 11.6 Å². The van der Waals surface area contributed by atoms with Gasteiger partial charge < -0.3 is 15.5 Å². The van der Waals surface area contributed by atoms with Crippen molar-refractivity contribution in [2.75, 3.05) is 31.6 Å². The third kappa shape index (κ3) is 3.11. The zero-order valence-electron chi connectivity index (χ0n) is 9.74. The molecule has 0 aliphatic carbocycles. The number of likely N-dealkylation sites (N-methyl/N-ethyl adjacent to an activating group) is 1. The van der Waals surface area contributed by atoms with Crippen LogP contribution in [0.25, 0.3) is 0 Å². The fraction of sp³-hybridized carbons (Fsp3) is 0.417. The molecule has 0 aromatic heterocycles. The van der Waals surface area contributed by atoms with Crippen LogP contribution in [0.1, 0.15) is 0 Å². The molecule has 1 aromatic rings. The first-order valence-corrected chi connectivity index (χ1v) is 6.01. The number of hydrogen-bond acceptors (Lipinski definition) is 3. The van der Waals surface area contributed by atoms with E-state index in [0.29, 0.717) is 11.6 Å². The topological polar surface area (TPSA) is 44.4 Å². The Kier molecular flexibility index (Phi) is 3.86. The van der Waals surface area contributed by atoms with Gasteiger partial charge in [-0.1, -0.05) is 17.7 Å². The van der Waals surface area contributed by atoms with Crippen LogP contribution in [-0.2, 0) is 4.79 Å². The summed E-state index contributed by atoms with van der Waals surface area (Å²) in [6.07, 6.45) is 0. The standard InChI is InChI=1S/C12H16ClN3O/c1-14-6-10-7-16(8-12(17)15-10)11-4-2-3-9(13)5-11/h2-5,10,14H,6-8H2,1H3,(H,15,17). The van der Waals surface area contributed by atoms with Crippen LogP contribution in [0.2, 0.25) is 5.02 Å². The predicted octanol–water partition coefficient (Wildman–Crippen LogP) is 0.864. The van der Waals surface area contributed by atoms with Gasteiger partial charge >= 0.3 is 0 Å². The Hall–Kier alpha value is -1.26. The number of hydrogen-bond donors (Lipinski definition) is 2. The molecule has 1 unspecified atom stereocenters. The van der Waals surface area contributed by atoms with Gasteiger partial charge in [0, 0.05) is 23.8 Å². The summed E-state index contributed by atoms with van der Waals surface area (Å²) in [4.78, 5) is 13.7. The van der Waals surface area contributed by atoms with Crippen molar-refractivity contribution in [3.63, 3.8) is 0 Å². The monoisotopic (exact) mass is 253 g/mol. The van der Waals surface area contributed by atoms with Crippen molar-refractivity contribution in [3.05, 3.63) is 29.3 Å². The van der Waals surface area contributed by atoms with Gasteiger partial charge in [-0.05, 0) is 25.2 Å². The maximum atomic E-state index is 11.6. The van der Waals surface area contributed by atoms with E-state index in [1.807, 2.05) is 36.2 Å². The van der Waals surface area contributed by atoms with E-state index in [1.165, 1.54) is 0 Å². The Morgan fingerprint density at radius 3 is 3.12 bits per heavy atom. The van der Waals surface area contributed by atoms with E-state index in [1.54, 1.807) is 0 Å². The van der Waals surface area contributed by atoms with E-state index in [9.17, 15) is 4.79 Å². The highest BCUT2D eigenvalue weighted by Crippen LogP contribution is 2.20. The molecule has 2 N–H and O–H groups in total. The van der Waals surface area contributed by atoms with Gasteiger partial charge in [-0.15, -0.1) is 0 Å². The summed E-state index contributed by atoms with van der Waals surface area (Å²) in [5.41, 5.74) is 0.994. The number of carbonyl (C=O) groups is 1. The maximum Gasteiger partial charge on any atom is 0.239 e. The van der Waals surface area contributed by atoms with E-state index in [0.717, 1.165) is 18.8 Å². The smallest absolute Gasteiger partial charge is 0.239 e. The van der Waals surface area contributed by atoms with Crippen LogP contribution in [-0.4, -0.2) is 38.6 Å². The van der Waals surface area contributed by atoms with Crippen LogP contribution in [0.5, 0.6) is 0 Å². The molecule has 0 spiro atoms. The molecule has 0 radical (unpaired) electrons. The Morgan fingerprint density at radius 1 is 1.59 bits per heavy atom. The van der Waals surface area contributed by atoms with Gasteiger partial charge in [0.25, 0.3) is 0 Å². The molecule has 5 heteroatoms. The van der Waals surface area contributed by atoms with Crippen molar-refractivity contribution in [2.45, 2.75) is 6.04 Å². The summed E-state index contributed by atoms with van der Waals surface area (Å²) >= 11 is 5.96. The largest absolute Gasteiger partial charge is 0.360 e. The minimum atomic E-state index is 0.0523. The van der Waals surface area contributed by atoms with E-state index >= 15 is 0 Å². The van der Waals surface area contributed by atoms with Gasteiger partial charge in [-0.25, -0.2) is 0 Å². The third-order valence-corrected chi connectivity index (χ3v) is 3.00. The van der Waals surface area contributed by atoms with Crippen molar-refractivity contribution in [3.8, 4) is 0 Å². The van der Waals surface area contributed by atoms with Crippen molar-refractivity contribution >= 4 is 23.2 Å². The number of benzene rings is 1. The molecule has 2 rings (SSSR count). The van der Waals surface area contributed by atoms with Crippen molar-refractivity contribution in [1.29, 1.82) is 0 Å². The third-order valence-electron chi connectivity index (χ3n) is 2.76. The zero-order valence-corrected chi connectivity index (χ0v) is 10.5. The van der Waals surface area contributed by atoms with Gasteiger partial charge in [0.1, 0.15) is 0 Å². The molecular formula is C12H16ClN3O. The van der Waals surface area contributed by atoms with E-state index in [2.05, 4.69) is 10.6 Å². The highest BCUT2D eigenvalue weighted by molar-refractivity contribution is 6.30. The van der Waals surface area contributed by atoms with Crippen LogP contribution < -0.4 is 15.5 Å². The summed E-state index contributed by atoms with van der Waals surface area (Å²) in [7, 11) is 1.88. The molecule has 1 aliphatic rings. The van der Waals surface area contributed by atoms with Gasteiger partial charge in [-0.2, -0.15) is 0 Å². The van der Waals surface area contributed by atoms with Crippen molar-refractivity contribution in [2.24, 2.45) is 0 Å². The molecule has 17 heavy (non-hydrogen) atoms. The average Bonchev–Trinajstić information content (AvgIpc) is 2.28. The first kappa shape index (κ1) is 12.2. The van der Waals surface area contributed by atoms with Gasteiger partial charge in [0.05, 0.1) is 12.6 Å². The lowest BCUT2D eigenvalue weighted by molar-refractivity contribution is -0.121. The number of piperazine rings is 1. The number of nitrogens with zero attached hydrogens (tertiary/aromatic N) is 1. The minimum Gasteiger partial charge on any atom is -0.360 e. The molecule has 0 saturated carbocycles. The lowest BCUT2D eigenvalue weighted by Gasteiger charge is -2.34. The van der Waals surface area contributed by atoms with E-state index < -0.39 is 0 Å². The van der Waals surface area contributed by atoms with Crippen molar-refractivity contribution < 1.29 is 4.79 Å². The molecule has 1 atom stereocenters. The van der Waals surface area contributed by atoms with Crippen LogP contribution in [0.3, 0.4) is 0 Å². The molecule has 1 aliphatic heterocycles. The predicted molar refractivity (Wildman–Crippen MR) is 69.5 cm³/mol. The molecule has 0 bridgehead atoms. The number of anilines is 1. The van der Waals surface area contributed by atoms with E-state index in [-0.39, 0.29) is 11.9 Å². The SMILES string of the molecule is CNCC1CN(c2cccc(Cl)c2)CC(=O)N1. The Bertz CT molecular complexity index is 410. The fourth-order valence-electron chi connectivity index (χ4n) is 2.05. The maximum absolute atomic E-state index is 11.6. The first-order valence-electron chi connectivity index (χ1n) is 5.63. The van der Waals surface area contributed by atoms with Crippen LogP contribution >= 0.6 is 11.6 Å². The summed E-state index contributed by atoms with van der Waals surface area (Å²) in [5, 5.41) is 6.72. The molecule has 1 fully saturated rings. The van der Waals surface area contributed by atoms with Crippen LogP contribution in [0.15, 0.2) is 24.3 Å². The quantitative estimate of drug-likeness (QED) is 0.840. The Labute approximate surface area is 106 Å². The lowest BCUT2D eigenvalue weighted by Crippen LogP contribution is -2.57. The highest BCUT2D eigenvalue weighted by Gasteiger charge is 2.24.